The van der Waals surface area contributed by atoms with Crippen LogP contribution in [0.3, 0.4) is 0 Å². The van der Waals surface area contributed by atoms with Crippen molar-refractivity contribution in [1.82, 2.24) is 5.32 Å². The molecule has 2 N–H and O–H groups in total. The van der Waals surface area contributed by atoms with Gasteiger partial charge in [-0.1, -0.05) is 22.0 Å². The van der Waals surface area contributed by atoms with Crippen molar-refractivity contribution in [2.24, 2.45) is 0 Å². The molecule has 0 amide bonds. The summed E-state index contributed by atoms with van der Waals surface area (Å²) in [4.78, 5) is 2.42. The van der Waals surface area contributed by atoms with E-state index in [2.05, 4.69) is 58.2 Å². The number of anilines is 1. The second-order valence-electron chi connectivity index (χ2n) is 5.45. The quantitative estimate of drug-likeness (QED) is 0.896. The van der Waals surface area contributed by atoms with Crippen LogP contribution in [0.2, 0.25) is 0 Å². The van der Waals surface area contributed by atoms with Gasteiger partial charge in [0.25, 0.3) is 0 Å². The first kappa shape index (κ1) is 14.8. The number of rotatable bonds is 3. The van der Waals surface area contributed by atoms with E-state index < -0.39 is 0 Å². The Hall–Kier alpha value is -0.580. The molecule has 1 saturated heterocycles. The van der Waals surface area contributed by atoms with Crippen LogP contribution in [0.25, 0.3) is 0 Å². The molecule has 2 rings (SSSR count). The molecule has 1 heterocycles. The maximum atomic E-state index is 9.17. The van der Waals surface area contributed by atoms with E-state index in [1.165, 1.54) is 11.3 Å². The number of nitrogens with zero attached hydrogens (tertiary/aromatic N) is 1. The molecule has 0 bridgehead atoms. The third-order valence-electron chi connectivity index (χ3n) is 3.79. The SMILES string of the molecule is Cc1ccc(N2CCC(C)NC(CCO)C2)cc1Br. The fourth-order valence-corrected chi connectivity index (χ4v) is 2.96. The largest absolute Gasteiger partial charge is 0.396 e. The normalized spacial score (nSPS) is 24.3. The van der Waals surface area contributed by atoms with Gasteiger partial charge in [-0.15, -0.1) is 0 Å². The van der Waals surface area contributed by atoms with Crippen molar-refractivity contribution >= 4 is 21.6 Å². The van der Waals surface area contributed by atoms with Crippen molar-refractivity contribution < 1.29 is 5.11 Å². The predicted molar refractivity (Wildman–Crippen MR) is 83.8 cm³/mol. The summed E-state index contributed by atoms with van der Waals surface area (Å²) in [5, 5.41) is 12.8. The Morgan fingerprint density at radius 1 is 1.47 bits per heavy atom. The summed E-state index contributed by atoms with van der Waals surface area (Å²) in [6, 6.07) is 7.41. The molecule has 1 fully saturated rings. The summed E-state index contributed by atoms with van der Waals surface area (Å²) in [6.45, 7) is 6.59. The number of aryl methyl sites for hydroxylation is 1. The van der Waals surface area contributed by atoms with E-state index in [1.54, 1.807) is 0 Å². The number of halogens is 1. The Balaban J connectivity index is 2.15. The molecular weight excluding hydrogens is 304 g/mol. The van der Waals surface area contributed by atoms with Gasteiger partial charge in [-0.05, 0) is 44.4 Å². The van der Waals surface area contributed by atoms with Crippen LogP contribution in [-0.4, -0.2) is 36.9 Å². The molecule has 1 aromatic carbocycles. The molecule has 1 aromatic rings. The second kappa shape index (κ2) is 6.73. The first-order chi connectivity index (χ1) is 9.10. The van der Waals surface area contributed by atoms with Crippen LogP contribution in [0.1, 0.15) is 25.3 Å². The lowest BCUT2D eigenvalue weighted by molar-refractivity contribution is 0.263. The van der Waals surface area contributed by atoms with Gasteiger partial charge >= 0.3 is 0 Å². The summed E-state index contributed by atoms with van der Waals surface area (Å²) in [7, 11) is 0. The highest BCUT2D eigenvalue weighted by Gasteiger charge is 2.21. The van der Waals surface area contributed by atoms with Crippen molar-refractivity contribution in [2.75, 3.05) is 24.6 Å². The molecule has 3 nitrogen and oxygen atoms in total. The Kier molecular flexibility index (Phi) is 5.25. The molecule has 0 radical (unpaired) electrons. The molecule has 1 aliphatic heterocycles. The van der Waals surface area contributed by atoms with Crippen LogP contribution in [0.5, 0.6) is 0 Å². The molecule has 0 aromatic heterocycles. The average molecular weight is 327 g/mol. The number of aliphatic hydroxyl groups is 1. The van der Waals surface area contributed by atoms with Crippen LogP contribution in [0, 0.1) is 6.92 Å². The van der Waals surface area contributed by atoms with Gasteiger partial charge in [0.05, 0.1) is 0 Å². The Labute approximate surface area is 124 Å². The second-order valence-corrected chi connectivity index (χ2v) is 6.30. The number of nitrogens with one attached hydrogen (secondary N) is 1. The molecule has 0 spiro atoms. The number of aliphatic hydroxyl groups excluding tert-OH is 1. The molecule has 2 unspecified atom stereocenters. The minimum absolute atomic E-state index is 0.246. The van der Waals surface area contributed by atoms with Crippen LogP contribution in [0.4, 0.5) is 5.69 Å². The topological polar surface area (TPSA) is 35.5 Å². The maximum Gasteiger partial charge on any atom is 0.0446 e. The number of benzene rings is 1. The van der Waals surface area contributed by atoms with Gasteiger partial charge in [0.2, 0.25) is 0 Å². The molecule has 19 heavy (non-hydrogen) atoms. The minimum atomic E-state index is 0.246. The van der Waals surface area contributed by atoms with Crippen molar-refractivity contribution in [3.05, 3.63) is 28.2 Å². The van der Waals surface area contributed by atoms with Crippen LogP contribution in [-0.2, 0) is 0 Å². The first-order valence-electron chi connectivity index (χ1n) is 6.98. The van der Waals surface area contributed by atoms with Crippen LogP contribution in [0.15, 0.2) is 22.7 Å². The van der Waals surface area contributed by atoms with Crippen molar-refractivity contribution in [3.63, 3.8) is 0 Å². The minimum Gasteiger partial charge on any atom is -0.396 e. The zero-order valence-electron chi connectivity index (χ0n) is 11.7. The zero-order valence-corrected chi connectivity index (χ0v) is 13.3. The molecule has 4 heteroatoms. The van der Waals surface area contributed by atoms with E-state index in [0.29, 0.717) is 12.1 Å². The standard InChI is InChI=1S/C15H23BrN2O/c1-11-3-4-14(9-15(11)16)18-7-5-12(2)17-13(10-18)6-8-19/h3-4,9,12-13,17,19H,5-8,10H2,1-2H3. The van der Waals surface area contributed by atoms with Gasteiger partial charge < -0.3 is 15.3 Å². The molecule has 0 saturated carbocycles. The van der Waals surface area contributed by atoms with E-state index >= 15 is 0 Å². The van der Waals surface area contributed by atoms with E-state index in [4.69, 9.17) is 5.11 Å². The van der Waals surface area contributed by atoms with Gasteiger partial charge in [-0.3, -0.25) is 0 Å². The highest BCUT2D eigenvalue weighted by Crippen LogP contribution is 2.25. The summed E-state index contributed by atoms with van der Waals surface area (Å²) in [5.74, 6) is 0. The molecule has 2 atom stereocenters. The highest BCUT2D eigenvalue weighted by molar-refractivity contribution is 9.10. The fourth-order valence-electron chi connectivity index (χ4n) is 2.59. The molecule has 106 valence electrons. The van der Waals surface area contributed by atoms with Gasteiger partial charge in [0, 0.05) is 41.9 Å². The summed E-state index contributed by atoms with van der Waals surface area (Å²) in [6.07, 6.45) is 1.95. The van der Waals surface area contributed by atoms with E-state index in [-0.39, 0.29) is 6.61 Å². The monoisotopic (exact) mass is 326 g/mol. The lowest BCUT2D eigenvalue weighted by Crippen LogP contribution is -2.40. The van der Waals surface area contributed by atoms with Gasteiger partial charge in [0.1, 0.15) is 0 Å². The third kappa shape index (κ3) is 3.94. The van der Waals surface area contributed by atoms with E-state index in [1.807, 2.05) is 0 Å². The van der Waals surface area contributed by atoms with Crippen molar-refractivity contribution in [3.8, 4) is 0 Å². The zero-order chi connectivity index (χ0) is 13.8. The number of hydrogen-bond donors (Lipinski definition) is 2. The van der Waals surface area contributed by atoms with Gasteiger partial charge in [0.15, 0.2) is 0 Å². The lowest BCUT2D eigenvalue weighted by Gasteiger charge is -2.26. The first-order valence-corrected chi connectivity index (χ1v) is 7.77. The maximum absolute atomic E-state index is 9.17. The Bertz CT molecular complexity index is 425. The van der Waals surface area contributed by atoms with E-state index in [9.17, 15) is 0 Å². The molecule has 1 aliphatic rings. The summed E-state index contributed by atoms with van der Waals surface area (Å²) >= 11 is 3.61. The van der Waals surface area contributed by atoms with Crippen molar-refractivity contribution in [2.45, 2.75) is 38.8 Å². The predicted octanol–water partition coefficient (Wildman–Crippen LogP) is 2.70. The third-order valence-corrected chi connectivity index (χ3v) is 4.65. The van der Waals surface area contributed by atoms with E-state index in [0.717, 1.165) is 30.4 Å². The highest BCUT2D eigenvalue weighted by atomic mass is 79.9. The average Bonchev–Trinajstić information content (AvgIpc) is 2.55. The van der Waals surface area contributed by atoms with Gasteiger partial charge in [-0.2, -0.15) is 0 Å². The molecule has 0 aliphatic carbocycles. The summed E-state index contributed by atoms with van der Waals surface area (Å²) < 4.78 is 1.16. The lowest BCUT2D eigenvalue weighted by atomic mass is 10.1. The Morgan fingerprint density at radius 2 is 2.26 bits per heavy atom. The Morgan fingerprint density at radius 3 is 2.95 bits per heavy atom. The van der Waals surface area contributed by atoms with Crippen LogP contribution < -0.4 is 10.2 Å². The smallest absolute Gasteiger partial charge is 0.0446 e. The number of hydrogen-bond acceptors (Lipinski definition) is 3. The van der Waals surface area contributed by atoms with Crippen molar-refractivity contribution in [1.29, 1.82) is 0 Å². The summed E-state index contributed by atoms with van der Waals surface area (Å²) in [5.41, 5.74) is 2.52. The molecular formula is C15H23BrN2O. The fraction of sp³-hybridized carbons (Fsp3) is 0.600. The van der Waals surface area contributed by atoms with Gasteiger partial charge in [-0.25, -0.2) is 0 Å². The van der Waals surface area contributed by atoms with Crippen LogP contribution >= 0.6 is 15.9 Å².